The van der Waals surface area contributed by atoms with Crippen LogP contribution in [0.1, 0.15) is 10.4 Å². The van der Waals surface area contributed by atoms with E-state index in [9.17, 15) is 4.79 Å². The van der Waals surface area contributed by atoms with Gasteiger partial charge in [0, 0.05) is 24.8 Å². The van der Waals surface area contributed by atoms with E-state index in [0.717, 1.165) is 0 Å². The van der Waals surface area contributed by atoms with Crippen molar-refractivity contribution in [3.63, 3.8) is 0 Å². The number of amides is 1. The molecule has 0 aliphatic rings. The molecular weight excluding hydrogens is 260 g/mol. The van der Waals surface area contributed by atoms with Gasteiger partial charge in [-0.05, 0) is 17.7 Å². The summed E-state index contributed by atoms with van der Waals surface area (Å²) in [6.45, 7) is 0.878. The Morgan fingerprint density at radius 3 is 2.33 bits per heavy atom. The average molecular weight is 271 g/mol. The molecule has 0 atom stereocenters. The number of carbonyl (C=O) groups excluding carboxylic acids is 1. The second-order valence-electron chi connectivity index (χ2n) is 2.78. The van der Waals surface area contributed by atoms with Gasteiger partial charge in [0.1, 0.15) is 0 Å². The van der Waals surface area contributed by atoms with Crippen LogP contribution in [0.3, 0.4) is 0 Å². The molecule has 3 nitrogen and oxygen atoms in total. The van der Waals surface area contributed by atoms with Gasteiger partial charge in [0.25, 0.3) is 5.91 Å². The maximum atomic E-state index is 11.9. The number of furan rings is 1. The molecule has 1 aromatic rings. The van der Waals surface area contributed by atoms with Gasteiger partial charge in [0.05, 0.1) is 11.8 Å². The molecule has 1 rings (SSSR count). The average Bonchev–Trinajstić information content (AvgIpc) is 2.63. The first-order valence-corrected chi connectivity index (χ1v) is 5.79. The molecule has 0 aromatic carbocycles. The van der Waals surface area contributed by atoms with Gasteiger partial charge in [-0.3, -0.25) is 4.79 Å². The van der Waals surface area contributed by atoms with Crippen LogP contribution in [0.2, 0.25) is 5.22 Å². The molecule has 84 valence electrons. The summed E-state index contributed by atoms with van der Waals surface area (Å²) in [6.07, 6.45) is 1.37. The number of hydrogen-bond donors (Lipinski definition) is 0. The van der Waals surface area contributed by atoms with Gasteiger partial charge in [-0.15, -0.1) is 23.2 Å². The molecule has 0 aliphatic heterocycles. The van der Waals surface area contributed by atoms with E-state index in [1.165, 1.54) is 17.2 Å². The zero-order valence-electron chi connectivity index (χ0n) is 7.88. The molecule has 0 fully saturated rings. The van der Waals surface area contributed by atoms with E-state index in [-0.39, 0.29) is 11.1 Å². The zero-order valence-corrected chi connectivity index (χ0v) is 10.1. The lowest BCUT2D eigenvalue weighted by Gasteiger charge is -2.19. The fourth-order valence-electron chi connectivity index (χ4n) is 1.14. The second-order valence-corrected chi connectivity index (χ2v) is 3.88. The lowest BCUT2D eigenvalue weighted by atomic mass is 10.3. The minimum Gasteiger partial charge on any atom is -0.452 e. The van der Waals surface area contributed by atoms with E-state index in [1.807, 2.05) is 0 Å². The van der Waals surface area contributed by atoms with Crippen molar-refractivity contribution in [2.24, 2.45) is 0 Å². The Balaban J connectivity index is 2.76. The summed E-state index contributed by atoms with van der Waals surface area (Å²) in [7, 11) is 0. The van der Waals surface area contributed by atoms with E-state index >= 15 is 0 Å². The number of rotatable bonds is 5. The van der Waals surface area contributed by atoms with Gasteiger partial charge in [-0.25, -0.2) is 0 Å². The fourth-order valence-corrected chi connectivity index (χ4v) is 1.74. The van der Waals surface area contributed by atoms with Crippen LogP contribution in [0.5, 0.6) is 0 Å². The normalized spacial score (nSPS) is 10.3. The van der Waals surface area contributed by atoms with Gasteiger partial charge < -0.3 is 9.32 Å². The van der Waals surface area contributed by atoms with Crippen LogP contribution < -0.4 is 0 Å². The first kappa shape index (κ1) is 12.7. The standard InChI is InChI=1S/C9H10Cl3NO2/c10-2-4-13(5-3-11)9(14)7-1-6-15-8(7)12/h1,6H,2-5H2. The molecule has 0 spiro atoms. The highest BCUT2D eigenvalue weighted by Gasteiger charge is 2.19. The molecule has 0 radical (unpaired) electrons. The first-order valence-electron chi connectivity index (χ1n) is 4.35. The molecule has 0 saturated heterocycles. The summed E-state index contributed by atoms with van der Waals surface area (Å²) in [5.74, 6) is 0.506. The van der Waals surface area contributed by atoms with Crippen molar-refractivity contribution in [1.82, 2.24) is 4.90 Å². The maximum Gasteiger partial charge on any atom is 0.258 e. The van der Waals surface area contributed by atoms with E-state index in [1.54, 1.807) is 0 Å². The van der Waals surface area contributed by atoms with Gasteiger partial charge in [0.2, 0.25) is 5.22 Å². The quantitative estimate of drug-likeness (QED) is 0.771. The van der Waals surface area contributed by atoms with E-state index in [4.69, 9.17) is 39.2 Å². The molecule has 15 heavy (non-hydrogen) atoms. The Kier molecular flexibility index (Phi) is 5.29. The van der Waals surface area contributed by atoms with Crippen LogP contribution in [-0.2, 0) is 0 Å². The molecule has 1 aromatic heterocycles. The molecule has 1 heterocycles. The van der Waals surface area contributed by atoms with Crippen molar-refractivity contribution >= 4 is 40.7 Å². The molecule has 0 unspecified atom stereocenters. The van der Waals surface area contributed by atoms with Crippen LogP contribution in [0, 0.1) is 0 Å². The summed E-state index contributed by atoms with van der Waals surface area (Å²) in [5.41, 5.74) is 0.340. The zero-order chi connectivity index (χ0) is 11.3. The van der Waals surface area contributed by atoms with Crippen LogP contribution in [0.25, 0.3) is 0 Å². The van der Waals surface area contributed by atoms with Crippen LogP contribution >= 0.6 is 34.8 Å². The van der Waals surface area contributed by atoms with Crippen LogP contribution in [0.15, 0.2) is 16.7 Å². The SMILES string of the molecule is O=C(c1ccoc1Cl)N(CCCl)CCCl. The molecule has 0 bridgehead atoms. The largest absolute Gasteiger partial charge is 0.452 e. The highest BCUT2D eigenvalue weighted by Crippen LogP contribution is 2.18. The van der Waals surface area contributed by atoms with Gasteiger partial charge in [0.15, 0.2) is 0 Å². The van der Waals surface area contributed by atoms with Gasteiger partial charge >= 0.3 is 0 Å². The Morgan fingerprint density at radius 2 is 1.93 bits per heavy atom. The summed E-state index contributed by atoms with van der Waals surface area (Å²) in [6, 6.07) is 1.53. The van der Waals surface area contributed by atoms with Crippen molar-refractivity contribution in [2.45, 2.75) is 0 Å². The van der Waals surface area contributed by atoms with Crippen LogP contribution in [0.4, 0.5) is 0 Å². The highest BCUT2D eigenvalue weighted by atomic mass is 35.5. The molecule has 1 amide bonds. The number of halogens is 3. The third-order valence-electron chi connectivity index (χ3n) is 1.84. The predicted molar refractivity (Wildman–Crippen MR) is 61.1 cm³/mol. The van der Waals surface area contributed by atoms with E-state index in [2.05, 4.69) is 0 Å². The minimum absolute atomic E-state index is 0.0918. The van der Waals surface area contributed by atoms with Crippen LogP contribution in [-0.4, -0.2) is 35.7 Å². The summed E-state index contributed by atoms with van der Waals surface area (Å²) in [5, 5.41) is 0.0918. The van der Waals surface area contributed by atoms with Crippen molar-refractivity contribution in [1.29, 1.82) is 0 Å². The summed E-state index contributed by atoms with van der Waals surface area (Å²) >= 11 is 16.9. The van der Waals surface area contributed by atoms with Crippen molar-refractivity contribution < 1.29 is 9.21 Å². The topological polar surface area (TPSA) is 33.5 Å². The van der Waals surface area contributed by atoms with Gasteiger partial charge in [-0.1, -0.05) is 0 Å². The molecule has 0 aliphatic carbocycles. The molecular formula is C9H10Cl3NO2. The third kappa shape index (κ3) is 3.30. The smallest absolute Gasteiger partial charge is 0.258 e. The lowest BCUT2D eigenvalue weighted by molar-refractivity contribution is 0.0774. The van der Waals surface area contributed by atoms with E-state index in [0.29, 0.717) is 30.4 Å². The minimum atomic E-state index is -0.213. The Hall–Kier alpha value is -0.380. The van der Waals surface area contributed by atoms with Crippen molar-refractivity contribution in [3.8, 4) is 0 Å². The Labute approximate surface area is 103 Å². The monoisotopic (exact) mass is 269 g/mol. The Morgan fingerprint density at radius 1 is 1.33 bits per heavy atom. The first-order chi connectivity index (χ1) is 7.20. The molecule has 6 heteroatoms. The second kappa shape index (κ2) is 6.26. The summed E-state index contributed by atoms with van der Waals surface area (Å²) in [4.78, 5) is 13.4. The van der Waals surface area contributed by atoms with Crippen molar-refractivity contribution in [3.05, 3.63) is 23.1 Å². The Bertz CT molecular complexity index is 321. The molecule has 0 N–H and O–H groups in total. The van der Waals surface area contributed by atoms with Crippen molar-refractivity contribution in [2.75, 3.05) is 24.8 Å². The number of nitrogens with zero attached hydrogens (tertiary/aromatic N) is 1. The lowest BCUT2D eigenvalue weighted by Crippen LogP contribution is -2.34. The number of alkyl halides is 2. The molecule has 0 saturated carbocycles. The maximum absolute atomic E-state index is 11.9. The number of hydrogen-bond acceptors (Lipinski definition) is 2. The third-order valence-corrected chi connectivity index (χ3v) is 2.48. The van der Waals surface area contributed by atoms with E-state index < -0.39 is 0 Å². The fraction of sp³-hybridized carbons (Fsp3) is 0.444. The highest BCUT2D eigenvalue weighted by molar-refractivity contribution is 6.32. The van der Waals surface area contributed by atoms with Gasteiger partial charge in [-0.2, -0.15) is 0 Å². The summed E-state index contributed by atoms with van der Waals surface area (Å²) < 4.78 is 4.84. The number of carbonyl (C=O) groups is 1. The predicted octanol–water partition coefficient (Wildman–Crippen LogP) is 2.85.